The van der Waals surface area contributed by atoms with Crippen LogP contribution in [0.4, 0.5) is 5.69 Å². The van der Waals surface area contributed by atoms with E-state index in [0.29, 0.717) is 17.9 Å². The number of amides is 1. The summed E-state index contributed by atoms with van der Waals surface area (Å²) in [7, 11) is 3.20. The van der Waals surface area contributed by atoms with Crippen molar-refractivity contribution < 1.29 is 14.3 Å². The van der Waals surface area contributed by atoms with Gasteiger partial charge < -0.3 is 14.8 Å². The molecule has 0 fully saturated rings. The first-order valence-corrected chi connectivity index (χ1v) is 8.67. The number of hydrogen-bond donors (Lipinski definition) is 1. The quantitative estimate of drug-likeness (QED) is 0.767. The lowest BCUT2D eigenvalue weighted by atomic mass is 10.0. The van der Waals surface area contributed by atoms with Crippen molar-refractivity contribution in [3.05, 3.63) is 53.1 Å². The van der Waals surface area contributed by atoms with E-state index in [2.05, 4.69) is 24.4 Å². The Morgan fingerprint density at radius 1 is 1.04 bits per heavy atom. The Hall–Kier alpha value is -2.49. The second-order valence-corrected chi connectivity index (χ2v) is 6.16. The van der Waals surface area contributed by atoms with Crippen LogP contribution in [0.5, 0.6) is 11.5 Å². The number of methoxy groups -OCH3 is 2. The molecule has 0 bridgehead atoms. The molecule has 0 unspecified atom stereocenters. The number of nitrogens with one attached hydrogen (secondary N) is 1. The highest BCUT2D eigenvalue weighted by atomic mass is 16.5. The molecule has 25 heavy (non-hydrogen) atoms. The lowest BCUT2D eigenvalue weighted by Gasteiger charge is -2.13. The standard InChI is InChI=1S/C21H27NO3/c1-5-6-7-16-8-10-18(11-9-16)22-21(23)14-17-13-20(25-4)19(24-3)12-15(17)2/h8-13H,5-7,14H2,1-4H3,(H,22,23). The van der Waals surface area contributed by atoms with Crippen LogP contribution in [0, 0.1) is 6.92 Å². The van der Waals surface area contributed by atoms with Gasteiger partial charge in [-0.05, 0) is 60.7 Å². The van der Waals surface area contributed by atoms with E-state index in [1.54, 1.807) is 14.2 Å². The van der Waals surface area contributed by atoms with Crippen LogP contribution in [0.3, 0.4) is 0 Å². The van der Waals surface area contributed by atoms with Crippen LogP contribution in [0.2, 0.25) is 0 Å². The molecule has 0 saturated carbocycles. The fourth-order valence-corrected chi connectivity index (χ4v) is 2.73. The van der Waals surface area contributed by atoms with Crippen molar-refractivity contribution in [1.29, 1.82) is 0 Å². The Bertz CT molecular complexity index is 708. The molecule has 0 saturated heterocycles. The number of rotatable bonds is 8. The number of carbonyl (C=O) groups excluding carboxylic acids is 1. The molecule has 0 aliphatic rings. The first kappa shape index (κ1) is 18.8. The fraction of sp³-hybridized carbons (Fsp3) is 0.381. The van der Waals surface area contributed by atoms with Gasteiger partial charge in [-0.3, -0.25) is 4.79 Å². The lowest BCUT2D eigenvalue weighted by molar-refractivity contribution is -0.115. The summed E-state index contributed by atoms with van der Waals surface area (Å²) >= 11 is 0. The second kappa shape index (κ2) is 9.11. The van der Waals surface area contributed by atoms with Crippen LogP contribution < -0.4 is 14.8 Å². The Labute approximate surface area is 150 Å². The monoisotopic (exact) mass is 341 g/mol. The number of aryl methyl sites for hydroxylation is 2. The molecule has 2 aromatic carbocycles. The van der Waals surface area contributed by atoms with E-state index in [1.165, 1.54) is 18.4 Å². The van der Waals surface area contributed by atoms with E-state index in [1.807, 2.05) is 31.2 Å². The molecule has 2 aromatic rings. The van der Waals surface area contributed by atoms with E-state index in [4.69, 9.17) is 9.47 Å². The molecule has 0 aromatic heterocycles. The summed E-state index contributed by atoms with van der Waals surface area (Å²) in [4.78, 5) is 12.4. The van der Waals surface area contributed by atoms with E-state index in [-0.39, 0.29) is 5.91 Å². The summed E-state index contributed by atoms with van der Waals surface area (Å²) in [5, 5.41) is 2.96. The smallest absolute Gasteiger partial charge is 0.228 e. The minimum absolute atomic E-state index is 0.0448. The van der Waals surface area contributed by atoms with Gasteiger partial charge in [0.2, 0.25) is 5.91 Å². The van der Waals surface area contributed by atoms with Crippen LogP contribution in [0.15, 0.2) is 36.4 Å². The molecule has 2 rings (SSSR count). The third-order valence-electron chi connectivity index (χ3n) is 4.25. The summed E-state index contributed by atoms with van der Waals surface area (Å²) in [5.74, 6) is 1.26. The van der Waals surface area contributed by atoms with Crippen molar-refractivity contribution in [2.24, 2.45) is 0 Å². The number of carbonyl (C=O) groups is 1. The van der Waals surface area contributed by atoms with Gasteiger partial charge in [-0.25, -0.2) is 0 Å². The summed E-state index contributed by atoms with van der Waals surface area (Å²) < 4.78 is 10.6. The van der Waals surface area contributed by atoms with Crippen molar-refractivity contribution in [2.45, 2.75) is 39.5 Å². The third-order valence-corrected chi connectivity index (χ3v) is 4.25. The second-order valence-electron chi connectivity index (χ2n) is 6.16. The summed E-state index contributed by atoms with van der Waals surface area (Å²) in [6, 6.07) is 11.8. The largest absolute Gasteiger partial charge is 0.493 e. The first-order valence-electron chi connectivity index (χ1n) is 8.67. The Balaban J connectivity index is 2.02. The van der Waals surface area contributed by atoms with Crippen molar-refractivity contribution in [3.63, 3.8) is 0 Å². The van der Waals surface area contributed by atoms with Gasteiger partial charge in [-0.1, -0.05) is 25.5 Å². The van der Waals surface area contributed by atoms with Gasteiger partial charge in [-0.15, -0.1) is 0 Å². The molecule has 0 heterocycles. The number of ether oxygens (including phenoxy) is 2. The summed E-state index contributed by atoms with van der Waals surface area (Å²) in [6.45, 7) is 4.15. The summed E-state index contributed by atoms with van der Waals surface area (Å²) in [5.41, 5.74) is 4.05. The number of benzene rings is 2. The molecule has 4 nitrogen and oxygen atoms in total. The van der Waals surface area contributed by atoms with Crippen molar-refractivity contribution in [3.8, 4) is 11.5 Å². The van der Waals surface area contributed by atoms with E-state index in [0.717, 1.165) is 23.2 Å². The Kier molecular flexibility index (Phi) is 6.87. The minimum Gasteiger partial charge on any atom is -0.493 e. The van der Waals surface area contributed by atoms with Crippen molar-refractivity contribution >= 4 is 11.6 Å². The molecule has 4 heteroatoms. The highest BCUT2D eigenvalue weighted by molar-refractivity contribution is 5.92. The first-order chi connectivity index (χ1) is 12.1. The maximum Gasteiger partial charge on any atom is 0.228 e. The van der Waals surface area contributed by atoms with Crippen LogP contribution in [0.1, 0.15) is 36.5 Å². The van der Waals surface area contributed by atoms with E-state index < -0.39 is 0 Å². The predicted octanol–water partition coefficient (Wildman–Crippen LogP) is 4.54. The average Bonchev–Trinajstić information content (AvgIpc) is 2.62. The van der Waals surface area contributed by atoms with Crippen LogP contribution in [-0.2, 0) is 17.6 Å². The third kappa shape index (κ3) is 5.24. The number of anilines is 1. The minimum atomic E-state index is -0.0448. The van der Waals surface area contributed by atoms with Gasteiger partial charge in [0, 0.05) is 5.69 Å². The van der Waals surface area contributed by atoms with Gasteiger partial charge in [0.25, 0.3) is 0 Å². The van der Waals surface area contributed by atoms with Crippen molar-refractivity contribution in [2.75, 3.05) is 19.5 Å². The van der Waals surface area contributed by atoms with Crippen LogP contribution in [-0.4, -0.2) is 20.1 Å². The average molecular weight is 341 g/mol. The molecule has 1 amide bonds. The predicted molar refractivity (Wildman–Crippen MR) is 102 cm³/mol. The topological polar surface area (TPSA) is 47.6 Å². The van der Waals surface area contributed by atoms with E-state index in [9.17, 15) is 4.79 Å². The lowest BCUT2D eigenvalue weighted by Crippen LogP contribution is -2.15. The molecule has 0 spiro atoms. The zero-order chi connectivity index (χ0) is 18.2. The Morgan fingerprint density at radius 3 is 2.28 bits per heavy atom. The molecule has 0 radical (unpaired) electrons. The molecule has 134 valence electrons. The van der Waals surface area contributed by atoms with E-state index >= 15 is 0 Å². The van der Waals surface area contributed by atoms with Gasteiger partial charge in [0.05, 0.1) is 20.6 Å². The maximum atomic E-state index is 12.4. The van der Waals surface area contributed by atoms with Gasteiger partial charge in [0.1, 0.15) is 0 Å². The fourth-order valence-electron chi connectivity index (χ4n) is 2.73. The van der Waals surface area contributed by atoms with Gasteiger partial charge in [-0.2, -0.15) is 0 Å². The van der Waals surface area contributed by atoms with Gasteiger partial charge >= 0.3 is 0 Å². The molecule has 0 aliphatic carbocycles. The zero-order valence-electron chi connectivity index (χ0n) is 15.5. The normalized spacial score (nSPS) is 10.4. The van der Waals surface area contributed by atoms with Crippen LogP contribution in [0.25, 0.3) is 0 Å². The Morgan fingerprint density at radius 2 is 1.68 bits per heavy atom. The summed E-state index contributed by atoms with van der Waals surface area (Å²) in [6.07, 6.45) is 3.74. The molecular formula is C21H27NO3. The maximum absolute atomic E-state index is 12.4. The zero-order valence-corrected chi connectivity index (χ0v) is 15.5. The molecule has 0 aliphatic heterocycles. The van der Waals surface area contributed by atoms with Crippen LogP contribution >= 0.6 is 0 Å². The number of hydrogen-bond acceptors (Lipinski definition) is 3. The number of unbranched alkanes of at least 4 members (excludes halogenated alkanes) is 1. The highest BCUT2D eigenvalue weighted by Gasteiger charge is 2.12. The SMILES string of the molecule is CCCCc1ccc(NC(=O)Cc2cc(OC)c(OC)cc2C)cc1. The highest BCUT2D eigenvalue weighted by Crippen LogP contribution is 2.30. The van der Waals surface area contributed by atoms with Crippen molar-refractivity contribution in [1.82, 2.24) is 0 Å². The van der Waals surface area contributed by atoms with Gasteiger partial charge in [0.15, 0.2) is 11.5 Å². The molecule has 1 N–H and O–H groups in total. The molecule has 0 atom stereocenters. The molecular weight excluding hydrogens is 314 g/mol.